The Labute approximate surface area is 134 Å². The molecule has 0 radical (unpaired) electrons. The second-order valence-electron chi connectivity index (χ2n) is 4.85. The number of anilines is 1. The summed E-state index contributed by atoms with van der Waals surface area (Å²) in [4.78, 5) is 8.37. The van der Waals surface area contributed by atoms with Gasteiger partial charge in [0.2, 0.25) is 5.95 Å². The summed E-state index contributed by atoms with van der Waals surface area (Å²) in [6, 6.07) is 5.82. The van der Waals surface area contributed by atoms with Gasteiger partial charge in [-0.15, -0.1) is 0 Å². The topological polar surface area (TPSA) is 49.8 Å². The molecule has 1 heterocycles. The van der Waals surface area contributed by atoms with Crippen molar-refractivity contribution in [3.63, 3.8) is 0 Å². The molecule has 4 nitrogen and oxygen atoms in total. The Morgan fingerprint density at radius 2 is 1.76 bits per heavy atom. The fourth-order valence-corrected chi connectivity index (χ4v) is 2.52. The van der Waals surface area contributed by atoms with E-state index in [2.05, 4.69) is 27.5 Å². The van der Waals surface area contributed by atoms with Crippen LogP contribution in [0.25, 0.3) is 0 Å². The zero-order valence-corrected chi connectivity index (χ0v) is 13.5. The van der Waals surface area contributed by atoms with Crippen molar-refractivity contribution >= 4 is 29.2 Å². The zero-order valence-electron chi connectivity index (χ0n) is 12.0. The summed E-state index contributed by atoms with van der Waals surface area (Å²) >= 11 is 12.4. The summed E-state index contributed by atoms with van der Waals surface area (Å²) in [5.74, 6) is 0.620. The molecule has 0 bridgehead atoms. The van der Waals surface area contributed by atoms with E-state index in [1.165, 1.54) is 0 Å². The predicted octanol–water partition coefficient (Wildman–Crippen LogP) is 3.55. The van der Waals surface area contributed by atoms with Crippen LogP contribution in [0.4, 0.5) is 5.95 Å². The van der Waals surface area contributed by atoms with Gasteiger partial charge in [-0.25, -0.2) is 9.97 Å². The number of benzene rings is 1. The van der Waals surface area contributed by atoms with Crippen molar-refractivity contribution in [3.8, 4) is 0 Å². The lowest BCUT2D eigenvalue weighted by Gasteiger charge is -2.15. The fourth-order valence-electron chi connectivity index (χ4n) is 1.97. The van der Waals surface area contributed by atoms with Gasteiger partial charge in [-0.1, -0.05) is 29.3 Å². The summed E-state index contributed by atoms with van der Waals surface area (Å²) in [6.07, 6.45) is 4.38. The van der Waals surface area contributed by atoms with E-state index in [0.29, 0.717) is 22.5 Å². The molecule has 0 aliphatic heterocycles. The molecule has 0 saturated carbocycles. The van der Waals surface area contributed by atoms with Crippen molar-refractivity contribution in [2.45, 2.75) is 25.9 Å². The van der Waals surface area contributed by atoms with Crippen molar-refractivity contribution in [1.29, 1.82) is 0 Å². The first kappa shape index (κ1) is 16.0. The summed E-state index contributed by atoms with van der Waals surface area (Å²) in [6.45, 7) is 2.80. The molecule has 0 aliphatic carbocycles. The van der Waals surface area contributed by atoms with Gasteiger partial charge >= 0.3 is 0 Å². The largest absolute Gasteiger partial charge is 0.357 e. The van der Waals surface area contributed by atoms with Gasteiger partial charge in [0.15, 0.2) is 0 Å². The first-order valence-electron chi connectivity index (χ1n) is 6.75. The van der Waals surface area contributed by atoms with E-state index in [9.17, 15) is 0 Å². The van der Waals surface area contributed by atoms with Gasteiger partial charge in [-0.3, -0.25) is 0 Å². The van der Waals surface area contributed by atoms with Crippen LogP contribution in [0.3, 0.4) is 0 Å². The van der Waals surface area contributed by atoms with Crippen LogP contribution < -0.4 is 10.6 Å². The normalized spacial score (nSPS) is 12.2. The molecule has 0 saturated heterocycles. The number of aromatic nitrogens is 2. The monoisotopic (exact) mass is 324 g/mol. The molecule has 112 valence electrons. The fraction of sp³-hybridized carbons (Fsp3) is 0.333. The highest BCUT2D eigenvalue weighted by molar-refractivity contribution is 6.35. The molecule has 0 spiro atoms. The summed E-state index contributed by atoms with van der Waals surface area (Å²) in [5.41, 5.74) is 2.01. The molecule has 1 aromatic heterocycles. The van der Waals surface area contributed by atoms with Crippen LogP contribution in [-0.2, 0) is 13.0 Å². The van der Waals surface area contributed by atoms with Crippen molar-refractivity contribution < 1.29 is 0 Å². The number of rotatable bonds is 6. The molecule has 6 heteroatoms. The molecule has 0 fully saturated rings. The van der Waals surface area contributed by atoms with Crippen molar-refractivity contribution in [3.05, 3.63) is 51.8 Å². The van der Waals surface area contributed by atoms with Gasteiger partial charge in [-0.05, 0) is 31.0 Å². The van der Waals surface area contributed by atoms with E-state index in [-0.39, 0.29) is 6.04 Å². The Bertz CT molecular complexity index is 566. The van der Waals surface area contributed by atoms with Gasteiger partial charge in [-0.2, -0.15) is 0 Å². The lowest BCUT2D eigenvalue weighted by molar-refractivity contribution is 0.544. The van der Waals surface area contributed by atoms with Gasteiger partial charge in [0.1, 0.15) is 0 Å². The lowest BCUT2D eigenvalue weighted by atomic mass is 10.1. The van der Waals surface area contributed by atoms with Gasteiger partial charge < -0.3 is 10.6 Å². The van der Waals surface area contributed by atoms with E-state index in [1.807, 2.05) is 18.2 Å². The minimum absolute atomic E-state index is 0.242. The number of nitrogens with one attached hydrogen (secondary N) is 2. The van der Waals surface area contributed by atoms with Crippen LogP contribution in [0.1, 0.15) is 18.1 Å². The maximum atomic E-state index is 6.18. The molecule has 0 aliphatic rings. The third-order valence-electron chi connectivity index (χ3n) is 3.16. The van der Waals surface area contributed by atoms with E-state index >= 15 is 0 Å². The van der Waals surface area contributed by atoms with Crippen molar-refractivity contribution in [1.82, 2.24) is 15.3 Å². The Hall–Kier alpha value is -1.36. The predicted molar refractivity (Wildman–Crippen MR) is 88.0 cm³/mol. The molecular formula is C15H18Cl2N4. The van der Waals surface area contributed by atoms with E-state index in [1.54, 1.807) is 19.4 Å². The smallest absolute Gasteiger partial charge is 0.222 e. The SMILES string of the molecule is CNc1ncc(CNC(C)Cc2c(Cl)cccc2Cl)cn1. The first-order chi connectivity index (χ1) is 10.1. The Morgan fingerprint density at radius 3 is 2.33 bits per heavy atom. The lowest BCUT2D eigenvalue weighted by Crippen LogP contribution is -2.28. The van der Waals surface area contributed by atoms with E-state index in [0.717, 1.165) is 17.5 Å². The van der Waals surface area contributed by atoms with Gasteiger partial charge in [0, 0.05) is 47.6 Å². The van der Waals surface area contributed by atoms with Crippen molar-refractivity contribution in [2.75, 3.05) is 12.4 Å². The third-order valence-corrected chi connectivity index (χ3v) is 3.86. The maximum Gasteiger partial charge on any atom is 0.222 e. The average Bonchev–Trinajstić information content (AvgIpc) is 2.49. The van der Waals surface area contributed by atoms with Crippen LogP contribution in [0.2, 0.25) is 10.0 Å². The second kappa shape index (κ2) is 7.59. The molecule has 1 aromatic carbocycles. The third kappa shape index (κ3) is 4.56. The molecule has 1 unspecified atom stereocenters. The molecule has 2 N–H and O–H groups in total. The Morgan fingerprint density at radius 1 is 1.14 bits per heavy atom. The van der Waals surface area contributed by atoms with Gasteiger partial charge in [0.25, 0.3) is 0 Å². The second-order valence-corrected chi connectivity index (χ2v) is 5.67. The van der Waals surface area contributed by atoms with Crippen molar-refractivity contribution in [2.24, 2.45) is 0 Å². The Balaban J connectivity index is 1.91. The van der Waals surface area contributed by atoms with Gasteiger partial charge in [0.05, 0.1) is 0 Å². The zero-order chi connectivity index (χ0) is 15.2. The maximum absolute atomic E-state index is 6.18. The number of halogens is 2. The molecule has 21 heavy (non-hydrogen) atoms. The summed E-state index contributed by atoms with van der Waals surface area (Å²) in [7, 11) is 1.79. The first-order valence-corrected chi connectivity index (χ1v) is 7.50. The molecular weight excluding hydrogens is 307 g/mol. The summed E-state index contributed by atoms with van der Waals surface area (Å²) < 4.78 is 0. The average molecular weight is 325 g/mol. The molecule has 2 rings (SSSR count). The molecule has 0 amide bonds. The van der Waals surface area contributed by atoms with Crippen LogP contribution in [0.5, 0.6) is 0 Å². The number of hydrogen-bond donors (Lipinski definition) is 2. The number of hydrogen-bond acceptors (Lipinski definition) is 4. The van der Waals surface area contributed by atoms with E-state index in [4.69, 9.17) is 23.2 Å². The minimum Gasteiger partial charge on any atom is -0.357 e. The highest BCUT2D eigenvalue weighted by Gasteiger charge is 2.10. The highest BCUT2D eigenvalue weighted by Crippen LogP contribution is 2.25. The highest BCUT2D eigenvalue weighted by atomic mass is 35.5. The molecule has 2 aromatic rings. The van der Waals surface area contributed by atoms with Crippen LogP contribution in [-0.4, -0.2) is 23.1 Å². The molecule has 1 atom stereocenters. The van der Waals surface area contributed by atoms with E-state index < -0.39 is 0 Å². The quantitative estimate of drug-likeness (QED) is 0.853. The van der Waals surface area contributed by atoms with Crippen LogP contribution >= 0.6 is 23.2 Å². The van der Waals surface area contributed by atoms with Crippen LogP contribution in [0, 0.1) is 0 Å². The number of nitrogens with zero attached hydrogens (tertiary/aromatic N) is 2. The Kier molecular flexibility index (Phi) is 5.79. The minimum atomic E-state index is 0.242. The standard InChI is InChI=1S/C15H18Cl2N4/c1-10(6-12-13(16)4-3-5-14(12)17)19-7-11-8-20-15(18-2)21-9-11/h3-5,8-10,19H,6-7H2,1-2H3,(H,18,20,21). The summed E-state index contributed by atoms with van der Waals surface area (Å²) in [5, 5.41) is 7.73. The van der Waals surface area contributed by atoms with Crippen LogP contribution in [0.15, 0.2) is 30.6 Å².